The molecular weight excluding hydrogens is 372 g/mol. The molecule has 146 valence electrons. The summed E-state index contributed by atoms with van der Waals surface area (Å²) in [7, 11) is 2.06. The van der Waals surface area contributed by atoms with Crippen molar-refractivity contribution < 1.29 is 9.59 Å². The number of nitrogens with zero attached hydrogens (tertiary/aromatic N) is 3. The van der Waals surface area contributed by atoms with E-state index in [4.69, 9.17) is 0 Å². The second kappa shape index (κ2) is 7.85. The number of nitrogens with one attached hydrogen (secondary N) is 1. The Labute approximate surface area is 169 Å². The Morgan fingerprint density at radius 2 is 1.82 bits per heavy atom. The van der Waals surface area contributed by atoms with Gasteiger partial charge in [0, 0.05) is 48.2 Å². The highest BCUT2D eigenvalue weighted by atomic mass is 32.2. The van der Waals surface area contributed by atoms with Crippen LogP contribution in [0.1, 0.15) is 17.3 Å². The first-order valence-corrected chi connectivity index (χ1v) is 10.4. The van der Waals surface area contributed by atoms with Crippen LogP contribution in [0.5, 0.6) is 0 Å². The van der Waals surface area contributed by atoms with Crippen LogP contribution < -0.4 is 10.2 Å². The fourth-order valence-corrected chi connectivity index (χ4v) is 4.58. The second-order valence-electron chi connectivity index (χ2n) is 7.05. The Bertz CT molecular complexity index is 909. The van der Waals surface area contributed by atoms with E-state index in [1.54, 1.807) is 16.7 Å². The highest BCUT2D eigenvalue weighted by Crippen LogP contribution is 2.42. The zero-order valence-corrected chi connectivity index (χ0v) is 17.0. The van der Waals surface area contributed by atoms with E-state index in [0.29, 0.717) is 17.8 Å². The molecule has 28 heavy (non-hydrogen) atoms. The minimum absolute atomic E-state index is 0.00751. The van der Waals surface area contributed by atoms with E-state index >= 15 is 0 Å². The van der Waals surface area contributed by atoms with Crippen molar-refractivity contribution in [2.45, 2.75) is 16.7 Å². The van der Waals surface area contributed by atoms with E-state index in [1.807, 2.05) is 54.3 Å². The van der Waals surface area contributed by atoms with Gasteiger partial charge in [-0.2, -0.15) is 0 Å². The predicted molar refractivity (Wildman–Crippen MR) is 112 cm³/mol. The number of carbonyl (C=O) groups excluding carboxylic acids is 2. The summed E-state index contributed by atoms with van der Waals surface area (Å²) in [4.78, 5) is 33.5. The van der Waals surface area contributed by atoms with Crippen molar-refractivity contribution in [3.8, 4) is 0 Å². The van der Waals surface area contributed by atoms with E-state index in [-0.39, 0.29) is 11.9 Å². The zero-order chi connectivity index (χ0) is 19.7. The number of fused-ring (bicyclic) bond motifs is 2. The molecule has 2 aliphatic heterocycles. The summed E-state index contributed by atoms with van der Waals surface area (Å²) in [6.45, 7) is 5.73. The van der Waals surface area contributed by atoms with Crippen LogP contribution >= 0.6 is 11.8 Å². The molecule has 3 amide bonds. The third-order valence-electron chi connectivity index (χ3n) is 5.19. The Balaban J connectivity index is 1.60. The van der Waals surface area contributed by atoms with Crippen LogP contribution in [0.4, 0.5) is 16.2 Å². The van der Waals surface area contributed by atoms with Crippen LogP contribution in [-0.4, -0.2) is 61.5 Å². The monoisotopic (exact) mass is 396 g/mol. The third kappa shape index (κ3) is 3.59. The normalized spacial score (nSPS) is 17.0. The van der Waals surface area contributed by atoms with Gasteiger partial charge in [0.05, 0.1) is 11.3 Å². The summed E-state index contributed by atoms with van der Waals surface area (Å²) in [6, 6.07) is 13.4. The fourth-order valence-electron chi connectivity index (χ4n) is 3.52. The Hall–Kier alpha value is -2.51. The number of piperazine rings is 1. The van der Waals surface area contributed by atoms with Gasteiger partial charge in [-0.05, 0) is 44.3 Å². The maximum absolute atomic E-state index is 13.1. The summed E-state index contributed by atoms with van der Waals surface area (Å²) >= 11 is 1.59. The molecule has 1 fully saturated rings. The van der Waals surface area contributed by atoms with Gasteiger partial charge in [0.1, 0.15) is 0 Å². The number of hydrogen-bond donors (Lipinski definition) is 1. The molecule has 0 aliphatic carbocycles. The average Bonchev–Trinajstić information content (AvgIpc) is 2.82. The first-order valence-electron chi connectivity index (χ1n) is 9.54. The molecule has 2 aromatic rings. The van der Waals surface area contributed by atoms with Crippen LogP contribution in [-0.2, 0) is 0 Å². The van der Waals surface area contributed by atoms with Gasteiger partial charge in [-0.25, -0.2) is 4.79 Å². The smallest absolute Gasteiger partial charge is 0.321 e. The number of rotatable bonds is 2. The van der Waals surface area contributed by atoms with E-state index in [0.717, 1.165) is 41.7 Å². The number of hydrogen-bond acceptors (Lipinski definition) is 4. The summed E-state index contributed by atoms with van der Waals surface area (Å²) in [5.41, 5.74) is 2.26. The summed E-state index contributed by atoms with van der Waals surface area (Å²) in [6.07, 6.45) is 0. The molecule has 0 aromatic heterocycles. The lowest BCUT2D eigenvalue weighted by molar-refractivity contribution is 0.0985. The minimum Gasteiger partial charge on any atom is -0.322 e. The van der Waals surface area contributed by atoms with E-state index in [1.165, 1.54) is 0 Å². The molecular formula is C21H24N4O2S. The van der Waals surface area contributed by atoms with Gasteiger partial charge >= 0.3 is 6.03 Å². The van der Waals surface area contributed by atoms with E-state index < -0.39 is 0 Å². The van der Waals surface area contributed by atoms with Gasteiger partial charge < -0.3 is 20.0 Å². The van der Waals surface area contributed by atoms with Gasteiger partial charge in [-0.1, -0.05) is 23.9 Å². The molecule has 0 bridgehead atoms. The standard InChI is InChI=1S/C21H24N4O2S/c1-3-25-17-14-15(22-21(27)24-12-10-23(2)11-13-24)8-9-19(17)28-18-7-5-4-6-16(18)20(25)26/h4-9,14H,3,10-13H2,1-2H3,(H,22,27). The molecule has 2 aliphatic rings. The second-order valence-corrected chi connectivity index (χ2v) is 8.13. The van der Waals surface area contributed by atoms with Crippen molar-refractivity contribution in [3.05, 3.63) is 48.0 Å². The van der Waals surface area contributed by atoms with Gasteiger partial charge in [-0.3, -0.25) is 4.79 Å². The molecule has 0 radical (unpaired) electrons. The lowest BCUT2D eigenvalue weighted by Crippen LogP contribution is -2.48. The molecule has 1 saturated heterocycles. The molecule has 1 N–H and O–H groups in total. The fraction of sp³-hybridized carbons (Fsp3) is 0.333. The van der Waals surface area contributed by atoms with Crippen molar-refractivity contribution in [1.29, 1.82) is 0 Å². The largest absolute Gasteiger partial charge is 0.322 e. The Kier molecular flexibility index (Phi) is 5.28. The molecule has 4 rings (SSSR count). The average molecular weight is 397 g/mol. The predicted octanol–water partition coefficient (Wildman–Crippen LogP) is 3.60. The number of anilines is 2. The zero-order valence-electron chi connectivity index (χ0n) is 16.1. The van der Waals surface area contributed by atoms with Gasteiger partial charge in [-0.15, -0.1) is 0 Å². The van der Waals surface area contributed by atoms with Crippen molar-refractivity contribution in [1.82, 2.24) is 9.80 Å². The maximum atomic E-state index is 13.1. The molecule has 6 nitrogen and oxygen atoms in total. The van der Waals surface area contributed by atoms with E-state index in [2.05, 4.69) is 17.3 Å². The van der Waals surface area contributed by atoms with Gasteiger partial charge in [0.15, 0.2) is 0 Å². The van der Waals surface area contributed by atoms with Gasteiger partial charge in [0.25, 0.3) is 5.91 Å². The highest BCUT2D eigenvalue weighted by molar-refractivity contribution is 7.99. The topological polar surface area (TPSA) is 55.9 Å². The summed E-state index contributed by atoms with van der Waals surface area (Å²) in [5.74, 6) is -0.00751. The molecule has 0 spiro atoms. The lowest BCUT2D eigenvalue weighted by atomic mass is 10.1. The molecule has 2 heterocycles. The number of urea groups is 1. The molecule has 2 aromatic carbocycles. The molecule has 0 saturated carbocycles. The third-order valence-corrected chi connectivity index (χ3v) is 6.33. The van der Waals surface area contributed by atoms with Crippen LogP contribution in [0, 0.1) is 0 Å². The SMILES string of the molecule is CCN1C(=O)c2ccccc2Sc2ccc(NC(=O)N3CCN(C)CC3)cc21. The number of likely N-dealkylation sites (N-methyl/N-ethyl adjacent to an activating group) is 1. The van der Waals surface area contributed by atoms with Crippen LogP contribution in [0.3, 0.4) is 0 Å². The van der Waals surface area contributed by atoms with Crippen molar-refractivity contribution in [2.24, 2.45) is 0 Å². The summed E-state index contributed by atoms with van der Waals surface area (Å²) in [5, 5.41) is 3.00. The quantitative estimate of drug-likeness (QED) is 0.843. The van der Waals surface area contributed by atoms with Crippen molar-refractivity contribution in [2.75, 3.05) is 50.0 Å². The van der Waals surface area contributed by atoms with Crippen LogP contribution in [0.15, 0.2) is 52.3 Å². The Morgan fingerprint density at radius 1 is 1.07 bits per heavy atom. The van der Waals surface area contributed by atoms with Crippen molar-refractivity contribution in [3.63, 3.8) is 0 Å². The first kappa shape index (κ1) is 18.8. The molecule has 0 unspecified atom stereocenters. The van der Waals surface area contributed by atoms with Crippen LogP contribution in [0.25, 0.3) is 0 Å². The highest BCUT2D eigenvalue weighted by Gasteiger charge is 2.27. The lowest BCUT2D eigenvalue weighted by Gasteiger charge is -2.32. The van der Waals surface area contributed by atoms with Gasteiger partial charge in [0.2, 0.25) is 0 Å². The first-order chi connectivity index (χ1) is 13.6. The summed E-state index contributed by atoms with van der Waals surface area (Å²) < 4.78 is 0. The number of carbonyl (C=O) groups is 2. The number of amides is 3. The number of benzene rings is 2. The minimum atomic E-state index is -0.0908. The van der Waals surface area contributed by atoms with E-state index in [9.17, 15) is 9.59 Å². The Morgan fingerprint density at radius 3 is 2.57 bits per heavy atom. The molecule has 7 heteroatoms. The van der Waals surface area contributed by atoms with Crippen molar-refractivity contribution >= 4 is 35.1 Å². The maximum Gasteiger partial charge on any atom is 0.321 e. The molecule has 0 atom stereocenters. The van der Waals surface area contributed by atoms with Crippen LogP contribution in [0.2, 0.25) is 0 Å².